The third-order valence-corrected chi connectivity index (χ3v) is 3.77. The molecule has 19 heavy (non-hydrogen) atoms. The monoisotopic (exact) mass is 293 g/mol. The van der Waals surface area contributed by atoms with Crippen molar-refractivity contribution in [2.24, 2.45) is 0 Å². The van der Waals surface area contributed by atoms with Crippen LogP contribution in [0.15, 0.2) is 41.6 Å². The second kappa shape index (κ2) is 7.36. The van der Waals surface area contributed by atoms with E-state index in [1.165, 1.54) is 0 Å². The largest absolute Gasteiger partial charge is 0.370 e. The first-order valence-electron chi connectivity index (χ1n) is 6.22. The molecule has 0 fully saturated rings. The molecule has 0 bridgehead atoms. The Morgan fingerprint density at radius 3 is 2.89 bits per heavy atom. The van der Waals surface area contributed by atoms with Crippen molar-refractivity contribution < 1.29 is 0 Å². The molecular weight excluding hydrogens is 278 g/mol. The minimum absolute atomic E-state index is 0.700. The normalized spacial score (nSPS) is 10.4. The van der Waals surface area contributed by atoms with Gasteiger partial charge in [-0.1, -0.05) is 36.4 Å². The van der Waals surface area contributed by atoms with Crippen LogP contribution in [-0.4, -0.2) is 16.5 Å². The first-order valence-corrected chi connectivity index (χ1v) is 7.59. The van der Waals surface area contributed by atoms with Crippen molar-refractivity contribution in [1.29, 1.82) is 0 Å². The molecule has 0 spiro atoms. The van der Waals surface area contributed by atoms with Crippen LogP contribution in [0.1, 0.15) is 19.0 Å². The van der Waals surface area contributed by atoms with Crippen LogP contribution in [0.2, 0.25) is 5.02 Å². The number of hydrogen-bond acceptors (Lipinski definition) is 4. The van der Waals surface area contributed by atoms with E-state index >= 15 is 0 Å². The average molecular weight is 294 g/mol. The van der Waals surface area contributed by atoms with Crippen LogP contribution in [0.25, 0.3) is 0 Å². The molecule has 2 heterocycles. The minimum Gasteiger partial charge on any atom is -0.370 e. The smallest absolute Gasteiger partial charge is 0.126 e. The van der Waals surface area contributed by atoms with Crippen molar-refractivity contribution in [2.75, 3.05) is 11.9 Å². The van der Waals surface area contributed by atoms with Crippen LogP contribution >= 0.6 is 23.4 Å². The highest BCUT2D eigenvalue weighted by atomic mass is 35.5. The number of aromatic nitrogens is 2. The van der Waals surface area contributed by atoms with E-state index in [0.717, 1.165) is 35.3 Å². The van der Waals surface area contributed by atoms with Gasteiger partial charge < -0.3 is 5.32 Å². The summed E-state index contributed by atoms with van der Waals surface area (Å²) in [5, 5.41) is 4.94. The predicted octanol–water partition coefficient (Wildman–Crippen LogP) is 4.24. The zero-order valence-corrected chi connectivity index (χ0v) is 12.3. The number of thioether (sulfide) groups is 1. The maximum atomic E-state index is 6.17. The van der Waals surface area contributed by atoms with Gasteiger partial charge in [-0.25, -0.2) is 9.97 Å². The lowest BCUT2D eigenvalue weighted by Gasteiger charge is -2.08. The van der Waals surface area contributed by atoms with Crippen molar-refractivity contribution >= 4 is 29.2 Å². The van der Waals surface area contributed by atoms with Crippen molar-refractivity contribution in [1.82, 2.24) is 9.97 Å². The van der Waals surface area contributed by atoms with Crippen LogP contribution in [-0.2, 0) is 5.75 Å². The molecule has 0 aliphatic rings. The van der Waals surface area contributed by atoms with Gasteiger partial charge >= 0.3 is 0 Å². The van der Waals surface area contributed by atoms with Gasteiger partial charge in [0.05, 0.1) is 15.7 Å². The molecule has 0 radical (unpaired) electrons. The van der Waals surface area contributed by atoms with Crippen molar-refractivity contribution in [2.45, 2.75) is 24.1 Å². The summed E-state index contributed by atoms with van der Waals surface area (Å²) in [4.78, 5) is 8.81. The van der Waals surface area contributed by atoms with Crippen LogP contribution in [0.4, 0.5) is 5.82 Å². The molecule has 0 amide bonds. The summed E-state index contributed by atoms with van der Waals surface area (Å²) in [6.07, 6.45) is 2.86. The van der Waals surface area contributed by atoms with E-state index < -0.39 is 0 Å². The van der Waals surface area contributed by atoms with E-state index in [1.54, 1.807) is 18.0 Å². The molecule has 0 atom stereocenters. The Kier molecular flexibility index (Phi) is 5.48. The topological polar surface area (TPSA) is 37.8 Å². The lowest BCUT2D eigenvalue weighted by Crippen LogP contribution is -2.03. The van der Waals surface area contributed by atoms with E-state index in [-0.39, 0.29) is 0 Å². The third-order valence-electron chi connectivity index (χ3n) is 2.47. The summed E-state index contributed by atoms with van der Waals surface area (Å²) in [7, 11) is 0. The minimum atomic E-state index is 0.700. The number of pyridine rings is 2. The Hall–Kier alpha value is -1.26. The molecule has 0 saturated heterocycles. The molecule has 0 aliphatic heterocycles. The molecule has 0 saturated carbocycles. The molecule has 0 aromatic carbocycles. The Bertz CT molecular complexity index is 519. The van der Waals surface area contributed by atoms with E-state index in [0.29, 0.717) is 5.02 Å². The summed E-state index contributed by atoms with van der Waals surface area (Å²) in [6.45, 7) is 3.04. The Balaban J connectivity index is 2.02. The lowest BCUT2D eigenvalue weighted by molar-refractivity contribution is 0.965. The second-order valence-corrected chi connectivity index (χ2v) is 5.41. The highest BCUT2D eigenvalue weighted by Crippen LogP contribution is 2.25. The van der Waals surface area contributed by atoms with Gasteiger partial charge in [-0.15, -0.1) is 0 Å². The molecule has 2 aromatic heterocycles. The maximum absolute atomic E-state index is 6.17. The van der Waals surface area contributed by atoms with Gasteiger partial charge in [0.15, 0.2) is 0 Å². The van der Waals surface area contributed by atoms with Crippen LogP contribution in [0, 0.1) is 0 Å². The van der Waals surface area contributed by atoms with Gasteiger partial charge in [0, 0.05) is 18.5 Å². The van der Waals surface area contributed by atoms with Crippen molar-refractivity contribution in [3.63, 3.8) is 0 Å². The van der Waals surface area contributed by atoms with Crippen LogP contribution in [0.5, 0.6) is 0 Å². The molecular formula is C14H16ClN3S. The second-order valence-electron chi connectivity index (χ2n) is 4.01. The van der Waals surface area contributed by atoms with Crippen LogP contribution < -0.4 is 5.32 Å². The third kappa shape index (κ3) is 4.40. The van der Waals surface area contributed by atoms with Crippen molar-refractivity contribution in [3.8, 4) is 0 Å². The quantitative estimate of drug-likeness (QED) is 0.808. The molecule has 1 N–H and O–H groups in total. The number of rotatable bonds is 6. The zero-order chi connectivity index (χ0) is 13.5. The number of halogens is 1. The van der Waals surface area contributed by atoms with Crippen molar-refractivity contribution in [3.05, 3.63) is 47.2 Å². The fourth-order valence-corrected chi connectivity index (χ4v) is 2.58. The first kappa shape index (κ1) is 14.2. The number of anilines is 1. The number of nitrogens with one attached hydrogen (secondary N) is 1. The van der Waals surface area contributed by atoms with Gasteiger partial charge in [-0.3, -0.25) is 0 Å². The summed E-state index contributed by atoms with van der Waals surface area (Å²) < 4.78 is 0. The zero-order valence-electron chi connectivity index (χ0n) is 10.8. The Morgan fingerprint density at radius 1 is 1.26 bits per heavy atom. The fourth-order valence-electron chi connectivity index (χ4n) is 1.51. The summed E-state index contributed by atoms with van der Waals surface area (Å²) >= 11 is 7.81. The highest BCUT2D eigenvalue weighted by molar-refractivity contribution is 7.98. The lowest BCUT2D eigenvalue weighted by atomic mass is 10.3. The molecule has 5 heteroatoms. The molecule has 2 aromatic rings. The van der Waals surface area contributed by atoms with E-state index in [2.05, 4.69) is 22.2 Å². The molecule has 0 aliphatic carbocycles. The SMILES string of the molecule is CCCNc1ccc(Cl)c(CSc2ccccn2)n1. The van der Waals surface area contributed by atoms with Gasteiger partial charge in [0.1, 0.15) is 5.82 Å². The molecule has 100 valence electrons. The van der Waals surface area contributed by atoms with Crippen LogP contribution in [0.3, 0.4) is 0 Å². The van der Waals surface area contributed by atoms with E-state index in [9.17, 15) is 0 Å². The standard InChI is InChI=1S/C14H16ClN3S/c1-2-8-16-13-7-6-11(15)12(18-13)10-19-14-5-3-4-9-17-14/h3-7,9H,2,8,10H2,1H3,(H,16,18). The highest BCUT2D eigenvalue weighted by Gasteiger charge is 2.05. The molecule has 2 rings (SSSR count). The molecule has 3 nitrogen and oxygen atoms in total. The average Bonchev–Trinajstić information content (AvgIpc) is 2.46. The first-order chi connectivity index (χ1) is 9.29. The summed E-state index contributed by atoms with van der Waals surface area (Å²) in [5.74, 6) is 1.60. The summed E-state index contributed by atoms with van der Waals surface area (Å²) in [6, 6.07) is 9.67. The Morgan fingerprint density at radius 2 is 2.16 bits per heavy atom. The van der Waals surface area contributed by atoms with Gasteiger partial charge in [-0.2, -0.15) is 0 Å². The predicted molar refractivity (Wildman–Crippen MR) is 81.8 cm³/mol. The van der Waals surface area contributed by atoms with E-state index in [4.69, 9.17) is 11.6 Å². The maximum Gasteiger partial charge on any atom is 0.126 e. The molecule has 0 unspecified atom stereocenters. The Labute approximate surface area is 122 Å². The van der Waals surface area contributed by atoms with Gasteiger partial charge in [-0.05, 0) is 30.7 Å². The summed E-state index contributed by atoms with van der Waals surface area (Å²) in [5.41, 5.74) is 0.887. The van der Waals surface area contributed by atoms with E-state index in [1.807, 2.05) is 30.3 Å². The van der Waals surface area contributed by atoms with Gasteiger partial charge in [0.25, 0.3) is 0 Å². The number of nitrogens with zero attached hydrogens (tertiary/aromatic N) is 2. The number of hydrogen-bond donors (Lipinski definition) is 1. The fraction of sp³-hybridized carbons (Fsp3) is 0.286. The van der Waals surface area contributed by atoms with Gasteiger partial charge in [0.2, 0.25) is 0 Å².